The van der Waals surface area contributed by atoms with Crippen LogP contribution >= 0.6 is 0 Å². The van der Waals surface area contributed by atoms with Crippen molar-refractivity contribution in [3.8, 4) is 5.88 Å². The molecule has 1 aromatic carbocycles. The Morgan fingerprint density at radius 2 is 1.89 bits per heavy atom. The summed E-state index contributed by atoms with van der Waals surface area (Å²) in [7, 11) is 0. The summed E-state index contributed by atoms with van der Waals surface area (Å²) < 4.78 is 5.93. The van der Waals surface area contributed by atoms with Gasteiger partial charge in [0, 0.05) is 56.8 Å². The van der Waals surface area contributed by atoms with Gasteiger partial charge >= 0.3 is 0 Å². The van der Waals surface area contributed by atoms with Gasteiger partial charge in [-0.3, -0.25) is 9.59 Å². The first-order chi connectivity index (χ1) is 13.6. The normalized spacial score (nSPS) is 20.5. The third-order valence-corrected chi connectivity index (χ3v) is 5.33. The van der Waals surface area contributed by atoms with Gasteiger partial charge in [-0.1, -0.05) is 18.2 Å². The largest absolute Gasteiger partial charge is 0.474 e. The zero-order valence-corrected chi connectivity index (χ0v) is 16.0. The molecule has 2 aliphatic rings. The maximum Gasteiger partial charge on any atom is 0.228 e. The van der Waals surface area contributed by atoms with Crippen LogP contribution in [0, 0.1) is 12.8 Å². The number of aryl methyl sites for hydroxylation is 1. The quantitative estimate of drug-likeness (QED) is 0.813. The highest BCUT2D eigenvalue weighted by Gasteiger charge is 2.38. The van der Waals surface area contributed by atoms with Gasteiger partial charge in [0.05, 0.1) is 5.92 Å². The van der Waals surface area contributed by atoms with E-state index in [2.05, 4.69) is 9.97 Å². The van der Waals surface area contributed by atoms with Gasteiger partial charge in [-0.2, -0.15) is 4.98 Å². The lowest BCUT2D eigenvalue weighted by Gasteiger charge is -2.33. The minimum atomic E-state index is -0.269. The summed E-state index contributed by atoms with van der Waals surface area (Å²) >= 11 is 0. The molecule has 0 aliphatic carbocycles. The van der Waals surface area contributed by atoms with Gasteiger partial charge in [0.25, 0.3) is 0 Å². The zero-order chi connectivity index (χ0) is 19.5. The molecule has 7 nitrogen and oxygen atoms in total. The van der Waals surface area contributed by atoms with E-state index in [4.69, 9.17) is 4.74 Å². The summed E-state index contributed by atoms with van der Waals surface area (Å²) in [5.74, 6) is 1.08. The molecule has 2 saturated heterocycles. The predicted octanol–water partition coefficient (Wildman–Crippen LogP) is 2.21. The number of piperidine rings is 1. The Kier molecular flexibility index (Phi) is 5.23. The highest BCUT2D eigenvalue weighted by atomic mass is 16.5. The van der Waals surface area contributed by atoms with Crippen molar-refractivity contribution >= 4 is 17.5 Å². The van der Waals surface area contributed by atoms with Crippen molar-refractivity contribution in [3.05, 3.63) is 48.4 Å². The number of amides is 2. The van der Waals surface area contributed by atoms with Crippen molar-refractivity contribution in [1.82, 2.24) is 14.9 Å². The molecule has 4 rings (SSSR count). The monoisotopic (exact) mass is 380 g/mol. The van der Waals surface area contributed by atoms with E-state index in [1.165, 1.54) is 0 Å². The van der Waals surface area contributed by atoms with Gasteiger partial charge in [-0.25, -0.2) is 4.98 Å². The first kappa shape index (κ1) is 18.4. The summed E-state index contributed by atoms with van der Waals surface area (Å²) in [6.45, 7) is 3.57. The van der Waals surface area contributed by atoms with Crippen LogP contribution in [-0.2, 0) is 9.59 Å². The molecule has 1 aromatic heterocycles. The Labute approximate surface area is 164 Å². The summed E-state index contributed by atoms with van der Waals surface area (Å²) in [4.78, 5) is 37.2. The molecule has 3 heterocycles. The molecular formula is C21H24N4O3. The number of benzene rings is 1. The zero-order valence-electron chi connectivity index (χ0n) is 16.0. The van der Waals surface area contributed by atoms with Crippen LogP contribution in [-0.4, -0.2) is 52.4 Å². The number of hydrogen-bond donors (Lipinski definition) is 0. The Balaban J connectivity index is 1.31. The summed E-state index contributed by atoms with van der Waals surface area (Å²) in [6.07, 6.45) is 3.54. The van der Waals surface area contributed by atoms with Crippen LogP contribution in [0.5, 0.6) is 5.88 Å². The lowest BCUT2D eigenvalue weighted by atomic mass is 10.0. The number of carbonyl (C=O) groups excluding carboxylic acids is 2. The highest BCUT2D eigenvalue weighted by molar-refractivity contribution is 6.00. The van der Waals surface area contributed by atoms with Crippen molar-refractivity contribution in [1.29, 1.82) is 0 Å². The van der Waals surface area contributed by atoms with Crippen LogP contribution in [0.4, 0.5) is 5.69 Å². The molecule has 7 heteroatoms. The van der Waals surface area contributed by atoms with Crippen LogP contribution in [0.1, 0.15) is 25.1 Å². The maximum atomic E-state index is 12.9. The van der Waals surface area contributed by atoms with Gasteiger partial charge < -0.3 is 14.5 Å². The van der Waals surface area contributed by atoms with Gasteiger partial charge in [0.1, 0.15) is 11.9 Å². The molecule has 28 heavy (non-hydrogen) atoms. The number of anilines is 1. The lowest BCUT2D eigenvalue weighted by molar-refractivity contribution is -0.137. The standard InChI is InChI=1S/C21H24N4O3/c1-15-22-10-7-19(23-15)28-18-8-11-24(12-9-18)21(27)16-13-20(26)25(14-16)17-5-3-2-4-6-17/h2-7,10,16,18H,8-9,11-14H2,1H3. The molecular weight excluding hydrogens is 356 g/mol. The number of likely N-dealkylation sites (tertiary alicyclic amines) is 1. The molecule has 2 aromatic rings. The van der Waals surface area contributed by atoms with Gasteiger partial charge in [0.15, 0.2) is 0 Å². The third-order valence-electron chi connectivity index (χ3n) is 5.33. The Bertz CT molecular complexity index is 850. The molecule has 0 N–H and O–H groups in total. The van der Waals surface area contributed by atoms with Crippen molar-refractivity contribution in [2.24, 2.45) is 5.92 Å². The summed E-state index contributed by atoms with van der Waals surface area (Å²) in [5.41, 5.74) is 0.857. The number of para-hydroxylation sites is 1. The third kappa shape index (κ3) is 3.98. The molecule has 0 saturated carbocycles. The molecule has 0 bridgehead atoms. The fourth-order valence-corrected chi connectivity index (χ4v) is 3.85. The van der Waals surface area contributed by atoms with E-state index in [1.54, 1.807) is 17.2 Å². The summed E-state index contributed by atoms with van der Waals surface area (Å²) in [5, 5.41) is 0. The van der Waals surface area contributed by atoms with E-state index in [-0.39, 0.29) is 30.3 Å². The number of nitrogens with zero attached hydrogens (tertiary/aromatic N) is 4. The number of ether oxygens (including phenoxy) is 1. The fraction of sp³-hybridized carbons (Fsp3) is 0.429. The van der Waals surface area contributed by atoms with Gasteiger partial charge in [-0.15, -0.1) is 0 Å². The molecule has 2 amide bonds. The molecule has 146 valence electrons. The average Bonchev–Trinajstić information content (AvgIpc) is 3.10. The van der Waals surface area contributed by atoms with E-state index in [0.29, 0.717) is 31.3 Å². The number of rotatable bonds is 4. The van der Waals surface area contributed by atoms with Crippen LogP contribution < -0.4 is 9.64 Å². The second-order valence-corrected chi connectivity index (χ2v) is 7.33. The van der Waals surface area contributed by atoms with E-state index in [1.807, 2.05) is 42.2 Å². The van der Waals surface area contributed by atoms with Crippen molar-refractivity contribution in [3.63, 3.8) is 0 Å². The maximum absolute atomic E-state index is 12.9. The second-order valence-electron chi connectivity index (χ2n) is 7.33. The van der Waals surface area contributed by atoms with E-state index in [0.717, 1.165) is 18.5 Å². The minimum absolute atomic E-state index is 0.0156. The second kappa shape index (κ2) is 7.96. The van der Waals surface area contributed by atoms with E-state index >= 15 is 0 Å². The number of hydrogen-bond acceptors (Lipinski definition) is 5. The van der Waals surface area contributed by atoms with Crippen LogP contribution in [0.25, 0.3) is 0 Å². The van der Waals surface area contributed by atoms with E-state index < -0.39 is 0 Å². The van der Waals surface area contributed by atoms with E-state index in [9.17, 15) is 9.59 Å². The molecule has 2 aliphatic heterocycles. The Morgan fingerprint density at radius 1 is 1.14 bits per heavy atom. The minimum Gasteiger partial charge on any atom is -0.474 e. The SMILES string of the molecule is Cc1nccc(OC2CCN(C(=O)C3CC(=O)N(c4ccccc4)C3)CC2)n1. The predicted molar refractivity (Wildman–Crippen MR) is 104 cm³/mol. The number of aromatic nitrogens is 2. The Morgan fingerprint density at radius 3 is 2.61 bits per heavy atom. The van der Waals surface area contributed by atoms with Crippen molar-refractivity contribution in [2.75, 3.05) is 24.5 Å². The average molecular weight is 380 g/mol. The van der Waals surface area contributed by atoms with Gasteiger partial charge in [0.2, 0.25) is 17.7 Å². The molecule has 0 spiro atoms. The van der Waals surface area contributed by atoms with Crippen LogP contribution in [0.3, 0.4) is 0 Å². The molecule has 1 unspecified atom stereocenters. The van der Waals surface area contributed by atoms with Gasteiger partial charge in [-0.05, 0) is 19.1 Å². The Hall–Kier alpha value is -2.96. The summed E-state index contributed by atoms with van der Waals surface area (Å²) in [6, 6.07) is 11.3. The van der Waals surface area contributed by atoms with Crippen LogP contribution in [0.2, 0.25) is 0 Å². The molecule has 0 radical (unpaired) electrons. The van der Waals surface area contributed by atoms with Crippen LogP contribution in [0.15, 0.2) is 42.6 Å². The first-order valence-electron chi connectivity index (χ1n) is 9.70. The highest BCUT2D eigenvalue weighted by Crippen LogP contribution is 2.27. The lowest BCUT2D eigenvalue weighted by Crippen LogP contribution is -2.45. The topological polar surface area (TPSA) is 75.6 Å². The molecule has 1 atom stereocenters. The fourth-order valence-electron chi connectivity index (χ4n) is 3.85. The molecule has 2 fully saturated rings. The van der Waals surface area contributed by atoms with Crippen molar-refractivity contribution < 1.29 is 14.3 Å². The number of carbonyl (C=O) groups is 2. The van der Waals surface area contributed by atoms with Crippen molar-refractivity contribution in [2.45, 2.75) is 32.3 Å². The smallest absolute Gasteiger partial charge is 0.228 e. The first-order valence-corrected chi connectivity index (χ1v) is 9.70.